The number of aromatic hydroxyl groups is 1. The standard InChI is InChI=1S/C21H20Cl2N2O2/c1-25(2)21(27)11-6-7-18-15(8-11)13-4-3-5-14(13)19(24-18)16-9-12(22)10-17(23)20(16)26/h3-4,6-10,13-14,19,24,26H,5H2,1-2H3. The highest BCUT2D eigenvalue weighted by atomic mass is 35.5. The van der Waals surface area contributed by atoms with E-state index in [1.165, 1.54) is 0 Å². The van der Waals surface area contributed by atoms with E-state index in [-0.39, 0.29) is 34.6 Å². The highest BCUT2D eigenvalue weighted by molar-refractivity contribution is 6.35. The summed E-state index contributed by atoms with van der Waals surface area (Å²) in [5.74, 6) is 0.422. The number of phenols is 1. The number of carbonyl (C=O) groups is 1. The Labute approximate surface area is 168 Å². The van der Waals surface area contributed by atoms with Crippen molar-refractivity contribution in [2.75, 3.05) is 19.4 Å². The van der Waals surface area contributed by atoms with E-state index in [9.17, 15) is 9.90 Å². The number of allylic oxidation sites excluding steroid dienone is 2. The van der Waals surface area contributed by atoms with Crippen LogP contribution in [0.3, 0.4) is 0 Å². The van der Waals surface area contributed by atoms with Gasteiger partial charge in [-0.3, -0.25) is 4.79 Å². The van der Waals surface area contributed by atoms with E-state index < -0.39 is 0 Å². The maximum Gasteiger partial charge on any atom is 0.253 e. The fraction of sp³-hybridized carbons (Fsp3) is 0.286. The quantitative estimate of drug-likeness (QED) is 0.676. The monoisotopic (exact) mass is 402 g/mol. The molecular weight excluding hydrogens is 383 g/mol. The van der Waals surface area contributed by atoms with Gasteiger partial charge in [0, 0.05) is 41.9 Å². The Balaban J connectivity index is 1.79. The van der Waals surface area contributed by atoms with Gasteiger partial charge in [-0.1, -0.05) is 35.4 Å². The lowest BCUT2D eigenvalue weighted by atomic mass is 9.76. The smallest absolute Gasteiger partial charge is 0.253 e. The molecule has 1 aliphatic carbocycles. The summed E-state index contributed by atoms with van der Waals surface area (Å²) in [4.78, 5) is 13.9. The topological polar surface area (TPSA) is 52.6 Å². The molecule has 0 bridgehead atoms. The average molecular weight is 403 g/mol. The lowest BCUT2D eigenvalue weighted by Crippen LogP contribution is -2.30. The van der Waals surface area contributed by atoms with E-state index in [0.717, 1.165) is 17.7 Å². The summed E-state index contributed by atoms with van der Waals surface area (Å²) in [6.45, 7) is 0. The summed E-state index contributed by atoms with van der Waals surface area (Å²) in [5.41, 5.74) is 3.43. The zero-order valence-corrected chi connectivity index (χ0v) is 16.6. The summed E-state index contributed by atoms with van der Waals surface area (Å²) in [5, 5.41) is 14.8. The van der Waals surface area contributed by atoms with Crippen molar-refractivity contribution in [2.45, 2.75) is 18.4 Å². The van der Waals surface area contributed by atoms with Crippen molar-refractivity contribution in [3.8, 4) is 5.75 Å². The molecule has 2 N–H and O–H groups in total. The molecule has 6 heteroatoms. The molecule has 2 aromatic carbocycles. The summed E-state index contributed by atoms with van der Waals surface area (Å²) in [7, 11) is 3.50. The largest absolute Gasteiger partial charge is 0.506 e. The predicted octanol–water partition coefficient (Wildman–Crippen LogP) is 5.23. The van der Waals surface area contributed by atoms with E-state index in [0.29, 0.717) is 16.1 Å². The molecule has 2 aromatic rings. The Kier molecular flexibility index (Phi) is 4.57. The third kappa shape index (κ3) is 3.07. The molecule has 4 nitrogen and oxygen atoms in total. The fourth-order valence-electron chi connectivity index (χ4n) is 4.12. The van der Waals surface area contributed by atoms with E-state index in [4.69, 9.17) is 23.2 Å². The molecule has 3 atom stereocenters. The summed E-state index contributed by atoms with van der Waals surface area (Å²) in [6, 6.07) is 8.93. The van der Waals surface area contributed by atoms with Gasteiger partial charge in [0.15, 0.2) is 0 Å². The van der Waals surface area contributed by atoms with Gasteiger partial charge in [-0.05, 0) is 48.2 Å². The molecule has 0 aromatic heterocycles. The minimum Gasteiger partial charge on any atom is -0.506 e. The van der Waals surface area contributed by atoms with Crippen molar-refractivity contribution >= 4 is 34.8 Å². The minimum absolute atomic E-state index is 0.0160. The first-order valence-electron chi connectivity index (χ1n) is 8.83. The maximum absolute atomic E-state index is 12.4. The molecule has 3 unspecified atom stereocenters. The summed E-state index contributed by atoms with van der Waals surface area (Å²) in [6.07, 6.45) is 5.21. The van der Waals surface area contributed by atoms with E-state index in [1.807, 2.05) is 18.2 Å². The zero-order chi connectivity index (χ0) is 19.3. The number of hydrogen-bond acceptors (Lipinski definition) is 3. The Morgan fingerprint density at radius 1 is 1.19 bits per heavy atom. The van der Waals surface area contributed by atoms with Crippen molar-refractivity contribution in [1.29, 1.82) is 0 Å². The van der Waals surface area contributed by atoms with Crippen molar-refractivity contribution in [1.82, 2.24) is 4.90 Å². The normalized spacial score (nSPS) is 22.7. The first kappa shape index (κ1) is 18.2. The van der Waals surface area contributed by atoms with Crippen molar-refractivity contribution in [2.24, 2.45) is 5.92 Å². The van der Waals surface area contributed by atoms with Crippen LogP contribution in [-0.2, 0) is 0 Å². The van der Waals surface area contributed by atoms with Gasteiger partial charge in [-0.15, -0.1) is 0 Å². The predicted molar refractivity (Wildman–Crippen MR) is 109 cm³/mol. The lowest BCUT2D eigenvalue weighted by molar-refractivity contribution is 0.0827. The van der Waals surface area contributed by atoms with Gasteiger partial charge in [0.1, 0.15) is 5.75 Å². The highest BCUT2D eigenvalue weighted by Crippen LogP contribution is 2.52. The van der Waals surface area contributed by atoms with Crippen molar-refractivity contribution in [3.63, 3.8) is 0 Å². The summed E-state index contributed by atoms with van der Waals surface area (Å²) < 4.78 is 0. The van der Waals surface area contributed by atoms with E-state index in [1.54, 1.807) is 31.1 Å². The van der Waals surface area contributed by atoms with Crippen LogP contribution >= 0.6 is 23.2 Å². The molecule has 4 rings (SSSR count). The van der Waals surface area contributed by atoms with Crippen LogP contribution < -0.4 is 5.32 Å². The molecular formula is C21H20Cl2N2O2. The maximum atomic E-state index is 12.4. The molecule has 1 amide bonds. The molecule has 2 aliphatic rings. The van der Waals surface area contributed by atoms with Gasteiger partial charge in [0.25, 0.3) is 5.91 Å². The number of hydrogen-bond donors (Lipinski definition) is 2. The number of nitrogens with zero attached hydrogens (tertiary/aromatic N) is 1. The Hall–Kier alpha value is -2.17. The molecule has 1 aliphatic heterocycles. The number of benzene rings is 2. The first-order chi connectivity index (χ1) is 12.9. The molecule has 0 spiro atoms. The Morgan fingerprint density at radius 3 is 2.70 bits per heavy atom. The van der Waals surface area contributed by atoms with E-state index in [2.05, 4.69) is 17.5 Å². The van der Waals surface area contributed by atoms with Crippen LogP contribution in [0.25, 0.3) is 0 Å². The third-order valence-electron chi connectivity index (χ3n) is 5.41. The summed E-state index contributed by atoms with van der Waals surface area (Å²) >= 11 is 12.3. The van der Waals surface area contributed by atoms with Gasteiger partial charge in [0.05, 0.1) is 11.1 Å². The van der Waals surface area contributed by atoms with Crippen LogP contribution in [0.5, 0.6) is 5.75 Å². The highest BCUT2D eigenvalue weighted by Gasteiger charge is 2.39. The van der Waals surface area contributed by atoms with Crippen LogP contribution in [0.4, 0.5) is 5.69 Å². The Bertz CT molecular complexity index is 955. The van der Waals surface area contributed by atoms with Crippen LogP contribution in [0.15, 0.2) is 42.5 Å². The number of anilines is 1. The van der Waals surface area contributed by atoms with E-state index >= 15 is 0 Å². The molecule has 1 heterocycles. The van der Waals surface area contributed by atoms with Gasteiger partial charge in [-0.25, -0.2) is 0 Å². The van der Waals surface area contributed by atoms with Crippen molar-refractivity contribution < 1.29 is 9.90 Å². The van der Waals surface area contributed by atoms with Gasteiger partial charge < -0.3 is 15.3 Å². The lowest BCUT2D eigenvalue weighted by Gasteiger charge is -2.38. The van der Waals surface area contributed by atoms with Gasteiger partial charge in [-0.2, -0.15) is 0 Å². The number of nitrogens with one attached hydrogen (secondary N) is 1. The van der Waals surface area contributed by atoms with Crippen LogP contribution in [0.1, 0.15) is 39.9 Å². The van der Waals surface area contributed by atoms with Crippen LogP contribution in [0.2, 0.25) is 10.0 Å². The third-order valence-corrected chi connectivity index (χ3v) is 5.91. The SMILES string of the molecule is CN(C)C(=O)c1ccc2c(c1)C1C=CCC1C(c1cc(Cl)cc(Cl)c1O)N2. The Morgan fingerprint density at radius 2 is 1.96 bits per heavy atom. The number of carbonyl (C=O) groups excluding carboxylic acids is 1. The molecule has 27 heavy (non-hydrogen) atoms. The second kappa shape index (κ2) is 6.77. The molecule has 0 fully saturated rings. The van der Waals surface area contributed by atoms with Gasteiger partial charge in [0.2, 0.25) is 0 Å². The average Bonchev–Trinajstić information content (AvgIpc) is 3.13. The number of halogens is 2. The zero-order valence-electron chi connectivity index (χ0n) is 15.0. The first-order valence-corrected chi connectivity index (χ1v) is 9.59. The second-order valence-electron chi connectivity index (χ2n) is 7.30. The minimum atomic E-state index is -0.121. The molecule has 0 saturated carbocycles. The molecule has 0 radical (unpaired) electrons. The number of rotatable bonds is 2. The van der Waals surface area contributed by atoms with Crippen LogP contribution in [0, 0.1) is 5.92 Å². The number of phenolic OH excluding ortho intramolecular Hbond substituents is 1. The van der Waals surface area contributed by atoms with Crippen molar-refractivity contribution in [3.05, 3.63) is 69.2 Å². The van der Waals surface area contributed by atoms with Crippen LogP contribution in [-0.4, -0.2) is 30.0 Å². The molecule has 140 valence electrons. The second-order valence-corrected chi connectivity index (χ2v) is 8.15. The fourth-order valence-corrected chi connectivity index (χ4v) is 4.63. The molecule has 0 saturated heterocycles. The number of fused-ring (bicyclic) bond motifs is 3. The van der Waals surface area contributed by atoms with Gasteiger partial charge >= 0.3 is 0 Å². The number of amides is 1.